The van der Waals surface area contributed by atoms with Gasteiger partial charge in [0.15, 0.2) is 0 Å². The number of carbonyl (C=O) groups is 4. The molecule has 0 aliphatic carbocycles. The highest BCUT2D eigenvalue weighted by atomic mass is 35.5. The fourth-order valence-electron chi connectivity index (χ4n) is 6.81. The highest BCUT2D eigenvalue weighted by Gasteiger charge is 2.43. The second-order valence-electron chi connectivity index (χ2n) is 14.4. The molecule has 49 heavy (non-hydrogen) atoms. The summed E-state index contributed by atoms with van der Waals surface area (Å²) >= 11 is 9.53. The lowest BCUT2D eigenvalue weighted by Gasteiger charge is -2.41. The number of hydrogen-bond donors (Lipinski definition) is 2. The van der Waals surface area contributed by atoms with E-state index in [0.717, 1.165) is 19.3 Å². The van der Waals surface area contributed by atoms with Crippen LogP contribution in [-0.4, -0.2) is 148 Å². The Bertz CT molecular complexity index is 996. The van der Waals surface area contributed by atoms with Gasteiger partial charge < -0.3 is 29.9 Å². The summed E-state index contributed by atoms with van der Waals surface area (Å²) in [4.78, 5) is 61.6. The van der Waals surface area contributed by atoms with Crippen LogP contribution in [0.4, 0.5) is 0 Å². The fraction of sp³-hybridized carbons (Fsp3) is 0.886. The maximum absolute atomic E-state index is 14.1. The molecule has 0 aromatic heterocycles. The minimum atomic E-state index is -0.732. The first-order valence-electron chi connectivity index (χ1n) is 17.5. The van der Waals surface area contributed by atoms with Crippen LogP contribution in [0.5, 0.6) is 0 Å². The van der Waals surface area contributed by atoms with Crippen molar-refractivity contribution in [3.05, 3.63) is 0 Å². The Kier molecular flexibility index (Phi) is 22.9. The quantitative estimate of drug-likeness (QED) is 0.152. The molecule has 1 heterocycles. The van der Waals surface area contributed by atoms with E-state index in [1.165, 1.54) is 0 Å². The molecule has 0 spiro atoms. The molecule has 0 aromatic carbocycles. The first-order valence-corrected chi connectivity index (χ1v) is 18.6. The normalized spacial score (nSPS) is 19.1. The van der Waals surface area contributed by atoms with Gasteiger partial charge in [-0.1, -0.05) is 54.9 Å². The standard InChI is InChI=1S/C34H66N6O6.CH2Cl2/c1-15-23(6)30(39(12)34(44)28(21(2)3)36-33(43)29(22(4)5)38(10)11)26(45-13)19-27(41)40-18-16-17-25(40)31(46-14)24(7)32(42)35-20-37(8)9;2-1-3/h21-26,28-31H,15-20H2,1-14H3,(H,35,42)(H,36,43);1H2/t23-,24+,25+,26-,28+,29+,30+,31+;/m0./s1. The number of halogens is 2. The molecular weight excluding hydrogens is 671 g/mol. The number of nitrogens with one attached hydrogen (secondary N) is 2. The molecule has 14 heteroatoms. The average molecular weight is 740 g/mol. The van der Waals surface area contributed by atoms with Crippen LogP contribution in [0, 0.1) is 23.7 Å². The Hall–Kier alpha value is -1.70. The minimum absolute atomic E-state index is 0.0157. The van der Waals surface area contributed by atoms with E-state index in [4.69, 9.17) is 32.7 Å². The Morgan fingerprint density at radius 1 is 0.898 bits per heavy atom. The fourth-order valence-corrected chi connectivity index (χ4v) is 6.81. The Labute approximate surface area is 307 Å². The van der Waals surface area contributed by atoms with Crippen molar-refractivity contribution in [1.29, 1.82) is 0 Å². The van der Waals surface area contributed by atoms with E-state index in [1.807, 2.05) is 77.5 Å². The summed E-state index contributed by atoms with van der Waals surface area (Å²) in [6.45, 7) is 14.8. The number of methoxy groups -OCH3 is 2. The van der Waals surface area contributed by atoms with E-state index in [9.17, 15) is 19.2 Å². The number of amides is 4. The largest absolute Gasteiger partial charge is 0.379 e. The van der Waals surface area contributed by atoms with Crippen LogP contribution in [0.1, 0.15) is 74.1 Å². The molecule has 0 radical (unpaired) electrons. The lowest BCUT2D eigenvalue weighted by Crippen LogP contribution is -2.59. The zero-order valence-electron chi connectivity index (χ0n) is 32.7. The van der Waals surface area contributed by atoms with E-state index in [-0.39, 0.29) is 65.2 Å². The van der Waals surface area contributed by atoms with Gasteiger partial charge in [0.1, 0.15) is 6.04 Å². The van der Waals surface area contributed by atoms with E-state index in [2.05, 4.69) is 24.5 Å². The Balaban J connectivity index is 0.00000738. The van der Waals surface area contributed by atoms with Crippen molar-refractivity contribution in [1.82, 2.24) is 30.2 Å². The molecule has 0 aromatic rings. The van der Waals surface area contributed by atoms with Crippen molar-refractivity contribution >= 4 is 46.8 Å². The molecule has 4 amide bonds. The Morgan fingerprint density at radius 2 is 1.47 bits per heavy atom. The summed E-state index contributed by atoms with van der Waals surface area (Å²) in [5, 5.41) is 6.16. The topological polar surface area (TPSA) is 124 Å². The van der Waals surface area contributed by atoms with Gasteiger partial charge in [-0.25, -0.2) is 0 Å². The molecule has 1 saturated heterocycles. The van der Waals surface area contributed by atoms with Crippen molar-refractivity contribution < 1.29 is 28.7 Å². The number of carbonyl (C=O) groups excluding carboxylic acids is 4. The molecular formula is C35H68Cl2N6O6. The predicted octanol–water partition coefficient (Wildman–Crippen LogP) is 3.69. The summed E-state index contributed by atoms with van der Waals surface area (Å²) in [7, 11) is 12.4. The number of alkyl halides is 2. The van der Waals surface area contributed by atoms with Gasteiger partial charge in [-0.2, -0.15) is 0 Å². The van der Waals surface area contributed by atoms with Crippen LogP contribution in [0.3, 0.4) is 0 Å². The monoisotopic (exact) mass is 738 g/mol. The minimum Gasteiger partial charge on any atom is -0.379 e. The molecule has 0 bridgehead atoms. The molecule has 1 aliphatic heterocycles. The van der Waals surface area contributed by atoms with Crippen molar-refractivity contribution in [3.8, 4) is 0 Å². The van der Waals surface area contributed by atoms with Gasteiger partial charge in [0.25, 0.3) is 0 Å². The van der Waals surface area contributed by atoms with E-state index >= 15 is 0 Å². The van der Waals surface area contributed by atoms with Gasteiger partial charge in [0.05, 0.1) is 54.7 Å². The van der Waals surface area contributed by atoms with Gasteiger partial charge in [-0.15, -0.1) is 23.2 Å². The third kappa shape index (κ3) is 14.4. The molecule has 288 valence electrons. The summed E-state index contributed by atoms with van der Waals surface area (Å²) in [5.41, 5.74) is 0. The van der Waals surface area contributed by atoms with E-state index < -0.39 is 30.2 Å². The van der Waals surface area contributed by atoms with Crippen LogP contribution < -0.4 is 10.6 Å². The summed E-state index contributed by atoms with van der Waals surface area (Å²) < 4.78 is 11.8. The maximum atomic E-state index is 14.1. The summed E-state index contributed by atoms with van der Waals surface area (Å²) in [6, 6.07) is -1.76. The first kappa shape index (κ1) is 47.3. The zero-order valence-corrected chi connectivity index (χ0v) is 34.2. The summed E-state index contributed by atoms with van der Waals surface area (Å²) in [6.07, 6.45) is 1.35. The molecule has 2 N–H and O–H groups in total. The van der Waals surface area contributed by atoms with Crippen molar-refractivity contribution in [2.24, 2.45) is 23.7 Å². The van der Waals surface area contributed by atoms with Crippen LogP contribution in [0.2, 0.25) is 0 Å². The van der Waals surface area contributed by atoms with Crippen molar-refractivity contribution in [3.63, 3.8) is 0 Å². The molecule has 8 atom stereocenters. The lowest BCUT2D eigenvalue weighted by atomic mass is 9.89. The van der Waals surface area contributed by atoms with Gasteiger partial charge in [-0.05, 0) is 58.8 Å². The van der Waals surface area contributed by atoms with Crippen LogP contribution >= 0.6 is 23.2 Å². The number of rotatable bonds is 19. The van der Waals surface area contributed by atoms with E-state index in [0.29, 0.717) is 13.2 Å². The van der Waals surface area contributed by atoms with E-state index in [1.54, 1.807) is 26.2 Å². The zero-order chi connectivity index (χ0) is 38.2. The molecule has 1 fully saturated rings. The highest BCUT2D eigenvalue weighted by Crippen LogP contribution is 2.29. The smallest absolute Gasteiger partial charge is 0.245 e. The third-order valence-corrected chi connectivity index (χ3v) is 9.52. The van der Waals surface area contributed by atoms with Crippen molar-refractivity contribution in [2.45, 2.75) is 111 Å². The van der Waals surface area contributed by atoms with Crippen LogP contribution in [0.15, 0.2) is 0 Å². The lowest BCUT2D eigenvalue weighted by molar-refractivity contribution is -0.148. The van der Waals surface area contributed by atoms with Crippen molar-refractivity contribution in [2.75, 3.05) is 68.0 Å². The average Bonchev–Trinajstić information content (AvgIpc) is 3.51. The molecule has 1 aliphatic rings. The number of likely N-dealkylation sites (N-methyl/N-ethyl adjacent to an activating group) is 2. The number of nitrogens with zero attached hydrogens (tertiary/aromatic N) is 4. The SMILES string of the molecule is CC[C@H](C)[C@H]([C@H](CC(=O)N1CCC[C@@H]1[C@H](OC)[C@@H](C)C(=O)NCN(C)C)OC)N(C)C(=O)[C@H](NC(=O)[C@@H](C(C)C)N(C)C)C(C)C.ClCCl. The second kappa shape index (κ2) is 23.7. The molecule has 0 unspecified atom stereocenters. The predicted molar refractivity (Wildman–Crippen MR) is 198 cm³/mol. The number of hydrogen-bond acceptors (Lipinski definition) is 8. The maximum Gasteiger partial charge on any atom is 0.245 e. The highest BCUT2D eigenvalue weighted by molar-refractivity contribution is 6.40. The van der Waals surface area contributed by atoms with Crippen LogP contribution in [-0.2, 0) is 28.7 Å². The first-order chi connectivity index (χ1) is 22.9. The molecule has 0 saturated carbocycles. The second-order valence-corrected chi connectivity index (χ2v) is 15.2. The van der Waals surface area contributed by atoms with Gasteiger partial charge in [-0.3, -0.25) is 29.0 Å². The molecule has 12 nitrogen and oxygen atoms in total. The van der Waals surface area contributed by atoms with Crippen LogP contribution in [0.25, 0.3) is 0 Å². The third-order valence-electron chi connectivity index (χ3n) is 9.52. The van der Waals surface area contributed by atoms with Gasteiger partial charge in [0, 0.05) is 27.8 Å². The van der Waals surface area contributed by atoms with Gasteiger partial charge in [0.2, 0.25) is 23.6 Å². The van der Waals surface area contributed by atoms with Gasteiger partial charge >= 0.3 is 0 Å². The number of likely N-dealkylation sites (tertiary alicyclic amines) is 1. The summed E-state index contributed by atoms with van der Waals surface area (Å²) in [5.74, 6) is -1.13. The Morgan fingerprint density at radius 3 is 1.90 bits per heavy atom. The molecule has 1 rings (SSSR count). The number of ether oxygens (including phenoxy) is 2.